The quantitative estimate of drug-likeness (QED) is 0.790. The number of aromatic nitrogens is 1. The molecular formula is C15H16FN3O2. The molecule has 21 heavy (non-hydrogen) atoms. The van der Waals surface area contributed by atoms with Crippen LogP contribution in [0.25, 0.3) is 0 Å². The largest absolute Gasteiger partial charge is 0.364 e. The molecule has 0 bridgehead atoms. The van der Waals surface area contributed by atoms with Crippen molar-refractivity contribution in [3.8, 4) is 0 Å². The van der Waals surface area contributed by atoms with Crippen LogP contribution in [0.2, 0.25) is 0 Å². The summed E-state index contributed by atoms with van der Waals surface area (Å²) in [6, 6.07) is 5.94. The predicted molar refractivity (Wildman–Crippen MR) is 77.3 cm³/mol. The normalized spacial score (nSPS) is 10.4. The first-order valence-corrected chi connectivity index (χ1v) is 6.46. The zero-order chi connectivity index (χ0) is 15.4. The number of carbonyl (C=O) groups excluding carboxylic acids is 1. The van der Waals surface area contributed by atoms with Gasteiger partial charge < -0.3 is 16.0 Å². The molecule has 0 saturated carbocycles. The maximum absolute atomic E-state index is 13.7. The van der Waals surface area contributed by atoms with Crippen LogP contribution in [0.5, 0.6) is 0 Å². The SMILES string of the molecule is Cc1cc(=O)c(C(=O)NCc2ccc(CN)cc2F)c[nH]1. The summed E-state index contributed by atoms with van der Waals surface area (Å²) in [5, 5.41) is 2.52. The van der Waals surface area contributed by atoms with Gasteiger partial charge in [0.05, 0.1) is 0 Å². The minimum absolute atomic E-state index is 0.000383. The van der Waals surface area contributed by atoms with Crippen molar-refractivity contribution >= 4 is 5.91 Å². The van der Waals surface area contributed by atoms with Gasteiger partial charge in [-0.2, -0.15) is 0 Å². The average molecular weight is 289 g/mol. The van der Waals surface area contributed by atoms with Gasteiger partial charge in [-0.1, -0.05) is 12.1 Å². The van der Waals surface area contributed by atoms with Crippen molar-refractivity contribution in [2.75, 3.05) is 0 Å². The number of pyridine rings is 1. The number of carbonyl (C=O) groups is 1. The Morgan fingerprint density at radius 2 is 2.14 bits per heavy atom. The van der Waals surface area contributed by atoms with Crippen LogP contribution in [0.15, 0.2) is 35.3 Å². The van der Waals surface area contributed by atoms with Gasteiger partial charge in [-0.3, -0.25) is 9.59 Å². The van der Waals surface area contributed by atoms with Gasteiger partial charge in [0.25, 0.3) is 5.91 Å². The summed E-state index contributed by atoms with van der Waals surface area (Å²) in [5.41, 5.74) is 6.73. The number of nitrogens with one attached hydrogen (secondary N) is 2. The molecule has 0 aliphatic rings. The Bertz CT molecular complexity index is 725. The predicted octanol–water partition coefficient (Wildman–Crippen LogP) is 1.21. The van der Waals surface area contributed by atoms with E-state index in [4.69, 9.17) is 5.73 Å². The highest BCUT2D eigenvalue weighted by Gasteiger charge is 2.11. The first-order valence-electron chi connectivity index (χ1n) is 6.46. The Kier molecular flexibility index (Phi) is 4.49. The molecule has 1 amide bonds. The summed E-state index contributed by atoms with van der Waals surface area (Å²) in [4.78, 5) is 26.4. The lowest BCUT2D eigenvalue weighted by Gasteiger charge is -2.07. The van der Waals surface area contributed by atoms with Crippen LogP contribution in [-0.2, 0) is 13.1 Å². The van der Waals surface area contributed by atoms with E-state index in [2.05, 4.69) is 10.3 Å². The Balaban J connectivity index is 2.09. The number of hydrogen-bond donors (Lipinski definition) is 3. The van der Waals surface area contributed by atoms with Gasteiger partial charge in [0.2, 0.25) is 0 Å². The summed E-state index contributed by atoms with van der Waals surface area (Å²) in [6.45, 7) is 1.97. The monoisotopic (exact) mass is 289 g/mol. The molecule has 4 N–H and O–H groups in total. The molecule has 0 unspecified atom stereocenters. The second-order valence-electron chi connectivity index (χ2n) is 4.71. The van der Waals surface area contributed by atoms with Gasteiger partial charge in [-0.05, 0) is 18.6 Å². The van der Waals surface area contributed by atoms with E-state index in [0.717, 1.165) is 0 Å². The van der Waals surface area contributed by atoms with Crippen molar-refractivity contribution < 1.29 is 9.18 Å². The Morgan fingerprint density at radius 3 is 2.76 bits per heavy atom. The van der Waals surface area contributed by atoms with E-state index >= 15 is 0 Å². The van der Waals surface area contributed by atoms with Gasteiger partial charge in [-0.25, -0.2) is 4.39 Å². The molecule has 0 aliphatic carbocycles. The molecule has 1 aromatic heterocycles. The Hall–Kier alpha value is -2.47. The molecule has 0 aliphatic heterocycles. The third-order valence-electron chi connectivity index (χ3n) is 3.09. The second kappa shape index (κ2) is 6.32. The third kappa shape index (κ3) is 3.55. The second-order valence-corrected chi connectivity index (χ2v) is 4.71. The zero-order valence-electron chi connectivity index (χ0n) is 11.6. The summed E-state index contributed by atoms with van der Waals surface area (Å²) < 4.78 is 13.7. The highest BCUT2D eigenvalue weighted by Crippen LogP contribution is 2.10. The van der Waals surface area contributed by atoms with Crippen molar-refractivity contribution in [3.63, 3.8) is 0 Å². The average Bonchev–Trinajstić information content (AvgIpc) is 2.45. The van der Waals surface area contributed by atoms with E-state index < -0.39 is 11.7 Å². The smallest absolute Gasteiger partial charge is 0.257 e. The van der Waals surface area contributed by atoms with E-state index in [1.807, 2.05) is 0 Å². The molecular weight excluding hydrogens is 273 g/mol. The van der Waals surface area contributed by atoms with Crippen molar-refractivity contribution in [2.45, 2.75) is 20.0 Å². The highest BCUT2D eigenvalue weighted by molar-refractivity contribution is 5.93. The molecule has 2 rings (SSSR count). The van der Waals surface area contributed by atoms with E-state index in [1.165, 1.54) is 18.3 Å². The molecule has 5 nitrogen and oxygen atoms in total. The van der Waals surface area contributed by atoms with Gasteiger partial charge in [0.1, 0.15) is 11.4 Å². The number of aromatic amines is 1. The summed E-state index contributed by atoms with van der Waals surface area (Å²) in [6.07, 6.45) is 1.35. The summed E-state index contributed by atoms with van der Waals surface area (Å²) in [7, 11) is 0. The van der Waals surface area contributed by atoms with Crippen LogP contribution in [-0.4, -0.2) is 10.9 Å². The standard InChI is InChI=1S/C15H16FN3O2/c1-9-4-14(20)12(8-18-9)15(21)19-7-11-3-2-10(6-17)5-13(11)16/h2-5,8H,6-7,17H2,1H3,(H,18,20)(H,19,21). The number of nitrogens with two attached hydrogens (primary N) is 1. The van der Waals surface area contributed by atoms with Crippen molar-refractivity contribution in [3.05, 3.63) is 68.9 Å². The number of halogens is 1. The molecule has 2 aromatic rings. The molecule has 0 atom stereocenters. The lowest BCUT2D eigenvalue weighted by Crippen LogP contribution is -2.28. The fourth-order valence-corrected chi connectivity index (χ4v) is 1.88. The van der Waals surface area contributed by atoms with Gasteiger partial charge in [0.15, 0.2) is 5.43 Å². The molecule has 1 aromatic carbocycles. The zero-order valence-corrected chi connectivity index (χ0v) is 11.6. The Labute approximate surface area is 121 Å². The molecule has 6 heteroatoms. The van der Waals surface area contributed by atoms with Crippen LogP contribution in [0, 0.1) is 12.7 Å². The molecule has 0 radical (unpaired) electrons. The van der Waals surface area contributed by atoms with Crippen molar-refractivity contribution in [2.24, 2.45) is 5.73 Å². The lowest BCUT2D eigenvalue weighted by atomic mass is 10.1. The minimum atomic E-state index is -0.543. The van der Waals surface area contributed by atoms with Gasteiger partial charge in [0, 0.05) is 36.6 Å². The summed E-state index contributed by atoms with van der Waals surface area (Å²) >= 11 is 0. The molecule has 110 valence electrons. The van der Waals surface area contributed by atoms with Crippen LogP contribution in [0.4, 0.5) is 4.39 Å². The number of rotatable bonds is 4. The number of hydrogen-bond acceptors (Lipinski definition) is 3. The van der Waals surface area contributed by atoms with Crippen molar-refractivity contribution in [1.82, 2.24) is 10.3 Å². The number of amides is 1. The first-order chi connectivity index (χ1) is 10.0. The number of benzene rings is 1. The van der Waals surface area contributed by atoms with E-state index in [1.54, 1.807) is 19.1 Å². The van der Waals surface area contributed by atoms with Crippen molar-refractivity contribution in [1.29, 1.82) is 0 Å². The molecule has 0 saturated heterocycles. The first kappa shape index (κ1) is 14.9. The Morgan fingerprint density at radius 1 is 1.38 bits per heavy atom. The van der Waals surface area contributed by atoms with Crippen LogP contribution >= 0.6 is 0 Å². The fourth-order valence-electron chi connectivity index (χ4n) is 1.88. The fraction of sp³-hybridized carbons (Fsp3) is 0.200. The van der Waals surface area contributed by atoms with Crippen LogP contribution < -0.4 is 16.5 Å². The van der Waals surface area contributed by atoms with Crippen LogP contribution in [0.3, 0.4) is 0 Å². The van der Waals surface area contributed by atoms with Crippen LogP contribution in [0.1, 0.15) is 27.2 Å². The molecule has 1 heterocycles. The third-order valence-corrected chi connectivity index (χ3v) is 3.09. The minimum Gasteiger partial charge on any atom is -0.364 e. The summed E-state index contributed by atoms with van der Waals surface area (Å²) in [5.74, 6) is -0.977. The maximum Gasteiger partial charge on any atom is 0.257 e. The molecule has 0 fully saturated rings. The maximum atomic E-state index is 13.7. The molecule has 0 spiro atoms. The van der Waals surface area contributed by atoms with E-state index in [9.17, 15) is 14.0 Å². The lowest BCUT2D eigenvalue weighted by molar-refractivity contribution is 0.0949. The topological polar surface area (TPSA) is 88.0 Å². The highest BCUT2D eigenvalue weighted by atomic mass is 19.1. The van der Waals surface area contributed by atoms with Gasteiger partial charge in [-0.15, -0.1) is 0 Å². The van der Waals surface area contributed by atoms with Gasteiger partial charge >= 0.3 is 0 Å². The van der Waals surface area contributed by atoms with E-state index in [0.29, 0.717) is 16.8 Å². The number of H-pyrrole nitrogens is 1. The van der Waals surface area contributed by atoms with E-state index in [-0.39, 0.29) is 24.1 Å². The number of aryl methyl sites for hydroxylation is 1.